The van der Waals surface area contributed by atoms with E-state index in [0.29, 0.717) is 5.41 Å². The van der Waals surface area contributed by atoms with Gasteiger partial charge < -0.3 is 21.3 Å². The van der Waals surface area contributed by atoms with Crippen LogP contribution in [0.1, 0.15) is 32.1 Å². The fourth-order valence-electron chi connectivity index (χ4n) is 4.27. The standard InChI is InChI=1S/C13H24N4O/c14-11(18)16-13-8-12(9-13,10-13)2-1-5-17-6-3-15-4-7-17/h15H,1-10H2,(H3,14,16,18). The SMILES string of the molecule is NC(=O)NC12CC(CCCN3CCNCC3)(C1)C2. The van der Waals surface area contributed by atoms with Crippen molar-refractivity contribution in [1.29, 1.82) is 0 Å². The number of nitrogens with one attached hydrogen (secondary N) is 2. The summed E-state index contributed by atoms with van der Waals surface area (Å²) in [6, 6.07) is -0.357. The minimum Gasteiger partial charge on any atom is -0.352 e. The van der Waals surface area contributed by atoms with Gasteiger partial charge in [-0.05, 0) is 44.1 Å². The molecule has 2 bridgehead atoms. The highest BCUT2D eigenvalue weighted by Crippen LogP contribution is 2.69. The minimum absolute atomic E-state index is 0.0981. The third kappa shape index (κ3) is 2.21. The second-order valence-corrected chi connectivity index (χ2v) is 6.50. The maximum absolute atomic E-state index is 10.9. The van der Waals surface area contributed by atoms with Crippen LogP contribution in [0.25, 0.3) is 0 Å². The van der Waals surface area contributed by atoms with E-state index in [4.69, 9.17) is 5.73 Å². The first-order chi connectivity index (χ1) is 8.62. The average Bonchev–Trinajstić information content (AvgIpc) is 2.25. The summed E-state index contributed by atoms with van der Waals surface area (Å²) in [7, 11) is 0. The fourth-order valence-corrected chi connectivity index (χ4v) is 4.27. The number of hydrogen-bond donors (Lipinski definition) is 3. The Morgan fingerprint density at radius 1 is 1.28 bits per heavy atom. The van der Waals surface area contributed by atoms with Gasteiger partial charge in [0.25, 0.3) is 0 Å². The molecule has 1 saturated heterocycles. The van der Waals surface area contributed by atoms with Crippen LogP contribution >= 0.6 is 0 Å². The van der Waals surface area contributed by atoms with Crippen molar-refractivity contribution in [2.75, 3.05) is 32.7 Å². The van der Waals surface area contributed by atoms with Gasteiger partial charge in [0, 0.05) is 31.7 Å². The van der Waals surface area contributed by atoms with E-state index in [-0.39, 0.29) is 11.6 Å². The molecular weight excluding hydrogens is 228 g/mol. The van der Waals surface area contributed by atoms with Gasteiger partial charge in [-0.15, -0.1) is 0 Å². The number of nitrogens with zero attached hydrogens (tertiary/aromatic N) is 1. The molecule has 4 rings (SSSR count). The van der Waals surface area contributed by atoms with Gasteiger partial charge in [-0.1, -0.05) is 0 Å². The molecule has 102 valence electrons. The molecule has 0 unspecified atom stereocenters. The molecule has 4 aliphatic rings. The molecule has 0 aromatic heterocycles. The predicted molar refractivity (Wildman–Crippen MR) is 70.3 cm³/mol. The Morgan fingerprint density at radius 3 is 2.56 bits per heavy atom. The smallest absolute Gasteiger partial charge is 0.312 e. The van der Waals surface area contributed by atoms with Crippen molar-refractivity contribution in [2.45, 2.75) is 37.6 Å². The summed E-state index contributed by atoms with van der Waals surface area (Å²) in [5.74, 6) is 0. The van der Waals surface area contributed by atoms with E-state index in [1.807, 2.05) is 0 Å². The number of primary amides is 1. The largest absolute Gasteiger partial charge is 0.352 e. The van der Waals surface area contributed by atoms with Gasteiger partial charge >= 0.3 is 6.03 Å². The molecule has 4 N–H and O–H groups in total. The van der Waals surface area contributed by atoms with Crippen LogP contribution in [-0.2, 0) is 0 Å². The lowest BCUT2D eigenvalue weighted by Crippen LogP contribution is -2.75. The van der Waals surface area contributed by atoms with Crippen molar-refractivity contribution in [2.24, 2.45) is 11.1 Å². The van der Waals surface area contributed by atoms with Crippen LogP contribution in [0.4, 0.5) is 4.79 Å². The van der Waals surface area contributed by atoms with Crippen LogP contribution in [0.5, 0.6) is 0 Å². The molecule has 3 saturated carbocycles. The fraction of sp³-hybridized carbons (Fsp3) is 0.923. The van der Waals surface area contributed by atoms with E-state index in [1.165, 1.54) is 32.5 Å². The Labute approximate surface area is 108 Å². The molecule has 5 nitrogen and oxygen atoms in total. The first kappa shape index (κ1) is 12.2. The molecule has 1 aliphatic heterocycles. The summed E-state index contributed by atoms with van der Waals surface area (Å²) in [5.41, 5.74) is 5.84. The number of amides is 2. The van der Waals surface area contributed by atoms with E-state index < -0.39 is 0 Å². The van der Waals surface area contributed by atoms with E-state index in [1.54, 1.807) is 0 Å². The third-order valence-electron chi connectivity index (χ3n) is 4.92. The van der Waals surface area contributed by atoms with E-state index in [2.05, 4.69) is 15.5 Å². The van der Waals surface area contributed by atoms with Gasteiger partial charge in [0.2, 0.25) is 0 Å². The lowest BCUT2D eigenvalue weighted by atomic mass is 9.38. The Bertz CT molecular complexity index is 318. The monoisotopic (exact) mass is 252 g/mol. The van der Waals surface area contributed by atoms with Crippen LogP contribution in [0, 0.1) is 5.41 Å². The van der Waals surface area contributed by atoms with Crippen LogP contribution in [0.2, 0.25) is 0 Å². The zero-order chi connectivity index (χ0) is 12.6. The second kappa shape index (κ2) is 4.38. The molecule has 4 fully saturated rings. The quantitative estimate of drug-likeness (QED) is 0.657. The molecule has 3 aliphatic carbocycles. The number of piperazine rings is 1. The van der Waals surface area contributed by atoms with Crippen LogP contribution < -0.4 is 16.4 Å². The van der Waals surface area contributed by atoms with Gasteiger partial charge in [0.1, 0.15) is 0 Å². The van der Waals surface area contributed by atoms with E-state index >= 15 is 0 Å². The highest BCUT2D eigenvalue weighted by molar-refractivity contribution is 5.73. The summed E-state index contributed by atoms with van der Waals surface area (Å²) in [6.07, 6.45) is 6.09. The van der Waals surface area contributed by atoms with Crippen molar-refractivity contribution in [3.63, 3.8) is 0 Å². The van der Waals surface area contributed by atoms with Gasteiger partial charge in [0.05, 0.1) is 0 Å². The highest BCUT2D eigenvalue weighted by Gasteiger charge is 2.67. The second-order valence-electron chi connectivity index (χ2n) is 6.50. The van der Waals surface area contributed by atoms with Crippen molar-refractivity contribution in [3.8, 4) is 0 Å². The molecule has 0 atom stereocenters. The normalized spacial score (nSPS) is 38.7. The molecule has 0 radical (unpaired) electrons. The molecule has 18 heavy (non-hydrogen) atoms. The lowest BCUT2D eigenvalue weighted by Gasteiger charge is -2.71. The van der Waals surface area contributed by atoms with Crippen molar-refractivity contribution in [1.82, 2.24) is 15.5 Å². The summed E-state index contributed by atoms with van der Waals surface area (Å²) in [5, 5.41) is 6.29. The Hall–Kier alpha value is -0.810. The topological polar surface area (TPSA) is 70.4 Å². The number of carbonyl (C=O) groups excluding carboxylic acids is 1. The number of urea groups is 1. The molecule has 0 aromatic rings. The van der Waals surface area contributed by atoms with Gasteiger partial charge in [-0.3, -0.25) is 0 Å². The number of carbonyl (C=O) groups is 1. The van der Waals surface area contributed by atoms with Crippen molar-refractivity contribution >= 4 is 6.03 Å². The van der Waals surface area contributed by atoms with Gasteiger partial charge in [0.15, 0.2) is 0 Å². The molecular formula is C13H24N4O. The maximum Gasteiger partial charge on any atom is 0.312 e. The Kier molecular flexibility index (Phi) is 2.98. The first-order valence-corrected chi connectivity index (χ1v) is 7.12. The molecule has 2 amide bonds. The first-order valence-electron chi connectivity index (χ1n) is 7.12. The van der Waals surface area contributed by atoms with Crippen LogP contribution in [0.15, 0.2) is 0 Å². The number of nitrogens with two attached hydrogens (primary N) is 1. The maximum atomic E-state index is 10.9. The van der Waals surface area contributed by atoms with Crippen LogP contribution in [-0.4, -0.2) is 49.2 Å². The zero-order valence-corrected chi connectivity index (χ0v) is 11.0. The average molecular weight is 252 g/mol. The summed E-state index contributed by atoms with van der Waals surface area (Å²) in [6.45, 7) is 5.90. The van der Waals surface area contributed by atoms with Crippen molar-refractivity contribution in [3.05, 3.63) is 0 Å². The van der Waals surface area contributed by atoms with E-state index in [9.17, 15) is 4.79 Å². The van der Waals surface area contributed by atoms with E-state index in [0.717, 1.165) is 32.4 Å². The van der Waals surface area contributed by atoms with Crippen LogP contribution in [0.3, 0.4) is 0 Å². The zero-order valence-electron chi connectivity index (χ0n) is 11.0. The Morgan fingerprint density at radius 2 is 1.94 bits per heavy atom. The number of rotatable bonds is 5. The minimum atomic E-state index is -0.357. The third-order valence-corrected chi connectivity index (χ3v) is 4.92. The number of hydrogen-bond acceptors (Lipinski definition) is 3. The lowest BCUT2D eigenvalue weighted by molar-refractivity contribution is -0.152. The summed E-state index contributed by atoms with van der Waals surface area (Å²) < 4.78 is 0. The molecule has 5 heteroatoms. The Balaban J connectivity index is 1.33. The molecule has 0 aromatic carbocycles. The van der Waals surface area contributed by atoms with Gasteiger partial charge in [-0.2, -0.15) is 0 Å². The summed E-state index contributed by atoms with van der Waals surface area (Å²) in [4.78, 5) is 13.4. The molecule has 1 heterocycles. The summed E-state index contributed by atoms with van der Waals surface area (Å²) >= 11 is 0. The molecule has 0 spiro atoms. The van der Waals surface area contributed by atoms with Crippen molar-refractivity contribution < 1.29 is 4.79 Å². The predicted octanol–water partition coefficient (Wildman–Crippen LogP) is 0.263. The highest BCUT2D eigenvalue weighted by atomic mass is 16.2. The van der Waals surface area contributed by atoms with Gasteiger partial charge in [-0.25, -0.2) is 4.79 Å².